The van der Waals surface area contributed by atoms with E-state index >= 15 is 0 Å². The molecule has 2 rings (SSSR count). The van der Waals surface area contributed by atoms with E-state index in [0.717, 1.165) is 6.42 Å². The number of hydrogen-bond donors (Lipinski definition) is 2. The Balaban J connectivity index is 0.000000399. The molecule has 1 saturated carbocycles. The maximum atomic E-state index is 5.72. The maximum Gasteiger partial charge on any atom is 0.0203 e. The lowest BCUT2D eigenvalue weighted by molar-refractivity contribution is 0.504. The van der Waals surface area contributed by atoms with Gasteiger partial charge in [0.15, 0.2) is 0 Å². The Bertz CT molecular complexity index is 272. The van der Waals surface area contributed by atoms with Gasteiger partial charge in [-0.2, -0.15) is 0 Å². The summed E-state index contributed by atoms with van der Waals surface area (Å²) in [6.45, 7) is 6.63. The van der Waals surface area contributed by atoms with Crippen LogP contribution in [0.2, 0.25) is 0 Å². The molecule has 1 aromatic carbocycles. The van der Waals surface area contributed by atoms with E-state index in [2.05, 4.69) is 31.2 Å². The van der Waals surface area contributed by atoms with Gasteiger partial charge in [-0.25, -0.2) is 0 Å². The summed E-state index contributed by atoms with van der Waals surface area (Å²) in [5.74, 6) is 0. The largest absolute Gasteiger partial charge is 0.329 e. The molecule has 104 valence electrons. The molecule has 1 aromatic rings. The topological polar surface area (TPSA) is 52.0 Å². The lowest BCUT2D eigenvalue weighted by Crippen LogP contribution is -2.31. The summed E-state index contributed by atoms with van der Waals surface area (Å²) >= 11 is 0. The Morgan fingerprint density at radius 2 is 1.44 bits per heavy atom. The van der Waals surface area contributed by atoms with E-state index < -0.39 is 0 Å². The SMILES string of the molecule is C1CCC1.CC.Cc1ccc(CC(N)CN)cc1. The van der Waals surface area contributed by atoms with Gasteiger partial charge in [-0.15, -0.1) is 0 Å². The first-order chi connectivity index (χ1) is 8.72. The average Bonchev–Trinajstić information content (AvgIpc) is 2.32. The molecule has 2 heteroatoms. The van der Waals surface area contributed by atoms with Gasteiger partial charge in [0, 0.05) is 12.6 Å². The van der Waals surface area contributed by atoms with Crippen molar-refractivity contribution in [3.8, 4) is 0 Å². The smallest absolute Gasteiger partial charge is 0.0203 e. The summed E-state index contributed by atoms with van der Waals surface area (Å²) in [4.78, 5) is 0. The van der Waals surface area contributed by atoms with Crippen LogP contribution in [0.3, 0.4) is 0 Å². The van der Waals surface area contributed by atoms with Crippen molar-refractivity contribution in [1.82, 2.24) is 0 Å². The second-order valence-corrected chi connectivity index (χ2v) is 4.60. The first kappa shape index (κ1) is 17.1. The van der Waals surface area contributed by atoms with Crippen molar-refractivity contribution in [1.29, 1.82) is 0 Å². The standard InChI is InChI=1S/C10H16N2.C4H8.C2H6/c1-8-2-4-9(5-3-8)6-10(12)7-11;1-2-4-3-1;1-2/h2-5,10H,6-7,11-12H2,1H3;1-4H2;1-2H3. The van der Waals surface area contributed by atoms with Crippen molar-refractivity contribution >= 4 is 0 Å². The van der Waals surface area contributed by atoms with Crippen LogP contribution in [0.25, 0.3) is 0 Å². The van der Waals surface area contributed by atoms with E-state index in [0.29, 0.717) is 6.54 Å². The minimum Gasteiger partial charge on any atom is -0.329 e. The second-order valence-electron chi connectivity index (χ2n) is 4.60. The van der Waals surface area contributed by atoms with Gasteiger partial charge in [-0.1, -0.05) is 69.4 Å². The molecule has 0 bridgehead atoms. The zero-order chi connectivity index (χ0) is 13.8. The van der Waals surface area contributed by atoms with Gasteiger partial charge in [0.25, 0.3) is 0 Å². The van der Waals surface area contributed by atoms with Crippen LogP contribution in [0.1, 0.15) is 50.7 Å². The monoisotopic (exact) mass is 250 g/mol. The summed E-state index contributed by atoms with van der Waals surface area (Å²) in [5, 5.41) is 0. The number of rotatable bonds is 3. The van der Waals surface area contributed by atoms with Gasteiger partial charge in [-0.05, 0) is 18.9 Å². The molecule has 18 heavy (non-hydrogen) atoms. The molecule has 4 N–H and O–H groups in total. The van der Waals surface area contributed by atoms with E-state index in [1.54, 1.807) is 0 Å². The highest BCUT2D eigenvalue weighted by atomic mass is 14.7. The van der Waals surface area contributed by atoms with Crippen molar-refractivity contribution < 1.29 is 0 Å². The Hall–Kier alpha value is -0.860. The third-order valence-corrected chi connectivity index (χ3v) is 2.92. The Labute approximate surface area is 113 Å². The molecule has 0 aromatic heterocycles. The number of hydrogen-bond acceptors (Lipinski definition) is 2. The maximum absolute atomic E-state index is 5.72. The Kier molecular flexibility index (Phi) is 10.7. The summed E-state index contributed by atoms with van der Waals surface area (Å²) in [7, 11) is 0. The van der Waals surface area contributed by atoms with Crippen molar-refractivity contribution in [3.05, 3.63) is 35.4 Å². The summed E-state index contributed by atoms with van der Waals surface area (Å²) in [5.41, 5.74) is 13.7. The molecule has 1 unspecified atom stereocenters. The van der Waals surface area contributed by atoms with Crippen molar-refractivity contribution in [2.24, 2.45) is 11.5 Å². The molecular weight excluding hydrogens is 220 g/mol. The third-order valence-electron chi connectivity index (χ3n) is 2.92. The van der Waals surface area contributed by atoms with Gasteiger partial charge >= 0.3 is 0 Å². The molecule has 0 saturated heterocycles. The van der Waals surface area contributed by atoms with E-state index in [-0.39, 0.29) is 6.04 Å². The number of nitrogens with two attached hydrogens (primary N) is 2. The van der Waals surface area contributed by atoms with Crippen molar-refractivity contribution in [2.45, 2.75) is 58.9 Å². The van der Waals surface area contributed by atoms with Crippen LogP contribution < -0.4 is 11.5 Å². The fourth-order valence-corrected chi connectivity index (χ4v) is 1.36. The highest BCUT2D eigenvalue weighted by Crippen LogP contribution is 2.15. The summed E-state index contributed by atoms with van der Waals surface area (Å²) in [6.07, 6.45) is 6.87. The minimum absolute atomic E-state index is 0.0905. The minimum atomic E-state index is 0.0905. The molecule has 0 amide bonds. The number of aryl methyl sites for hydroxylation is 1. The number of benzene rings is 1. The molecular formula is C16H30N2. The van der Waals surface area contributed by atoms with Gasteiger partial charge in [-0.3, -0.25) is 0 Å². The summed E-state index contributed by atoms with van der Waals surface area (Å²) in [6, 6.07) is 8.49. The lowest BCUT2D eigenvalue weighted by atomic mass is 10.0. The normalized spacial score (nSPS) is 14.3. The van der Waals surface area contributed by atoms with E-state index in [4.69, 9.17) is 11.5 Å². The molecule has 0 radical (unpaired) electrons. The highest BCUT2D eigenvalue weighted by molar-refractivity contribution is 5.21. The van der Waals surface area contributed by atoms with E-state index in [1.807, 2.05) is 13.8 Å². The highest BCUT2D eigenvalue weighted by Gasteiger charge is 2.00. The third kappa shape index (κ3) is 8.26. The van der Waals surface area contributed by atoms with Crippen molar-refractivity contribution in [3.63, 3.8) is 0 Å². The lowest BCUT2D eigenvalue weighted by Gasteiger charge is -2.08. The Morgan fingerprint density at radius 3 is 1.78 bits per heavy atom. The van der Waals surface area contributed by atoms with Crippen LogP contribution in [0, 0.1) is 6.92 Å². The van der Waals surface area contributed by atoms with Crippen LogP contribution in [0.15, 0.2) is 24.3 Å². The Morgan fingerprint density at radius 1 is 1.00 bits per heavy atom. The first-order valence-electron chi connectivity index (χ1n) is 7.23. The molecule has 1 atom stereocenters. The molecule has 1 fully saturated rings. The average molecular weight is 250 g/mol. The van der Waals surface area contributed by atoms with Gasteiger partial charge in [0.2, 0.25) is 0 Å². The van der Waals surface area contributed by atoms with Gasteiger partial charge in [0.05, 0.1) is 0 Å². The zero-order valence-electron chi connectivity index (χ0n) is 12.3. The fraction of sp³-hybridized carbons (Fsp3) is 0.625. The van der Waals surface area contributed by atoms with Gasteiger partial charge < -0.3 is 11.5 Å². The van der Waals surface area contributed by atoms with E-state index in [9.17, 15) is 0 Å². The van der Waals surface area contributed by atoms with Crippen molar-refractivity contribution in [2.75, 3.05) is 6.54 Å². The second kappa shape index (κ2) is 11.2. The van der Waals surface area contributed by atoms with Crippen LogP contribution in [0.5, 0.6) is 0 Å². The van der Waals surface area contributed by atoms with Crippen LogP contribution in [-0.2, 0) is 6.42 Å². The van der Waals surface area contributed by atoms with Crippen LogP contribution >= 0.6 is 0 Å². The fourth-order valence-electron chi connectivity index (χ4n) is 1.36. The van der Waals surface area contributed by atoms with E-state index in [1.165, 1.54) is 36.8 Å². The van der Waals surface area contributed by atoms with Gasteiger partial charge in [0.1, 0.15) is 0 Å². The zero-order valence-corrected chi connectivity index (χ0v) is 12.3. The first-order valence-corrected chi connectivity index (χ1v) is 7.23. The van der Waals surface area contributed by atoms with Crippen LogP contribution in [0.4, 0.5) is 0 Å². The molecule has 0 aliphatic heterocycles. The quantitative estimate of drug-likeness (QED) is 0.863. The predicted octanol–water partition coefficient (Wildman–Crippen LogP) is 3.41. The summed E-state index contributed by atoms with van der Waals surface area (Å²) < 4.78 is 0. The van der Waals surface area contributed by atoms with Crippen LogP contribution in [-0.4, -0.2) is 12.6 Å². The molecule has 0 heterocycles. The molecule has 2 nitrogen and oxygen atoms in total. The molecule has 1 aliphatic rings. The molecule has 0 spiro atoms. The molecule has 1 aliphatic carbocycles. The predicted molar refractivity (Wildman–Crippen MR) is 81.7 cm³/mol.